The molecule has 23 heavy (non-hydrogen) atoms. The third-order valence-corrected chi connectivity index (χ3v) is 3.98. The lowest BCUT2D eigenvalue weighted by atomic mass is 10.0. The van der Waals surface area contributed by atoms with Crippen LogP contribution in [0.4, 0.5) is 13.2 Å². The number of unbranched alkanes of at least 4 members (excludes halogenated alkanes) is 11. The molecule has 4 heteroatoms. The maximum absolute atomic E-state index is 12.0. The van der Waals surface area contributed by atoms with Gasteiger partial charge in [-0.25, -0.2) is 0 Å². The maximum Gasteiger partial charge on any atom is 0.449 e. The Morgan fingerprint density at radius 1 is 0.739 bits per heavy atom. The quantitative estimate of drug-likeness (QED) is 0.229. The van der Waals surface area contributed by atoms with Gasteiger partial charge in [-0.2, -0.15) is 13.2 Å². The monoisotopic (exact) mass is 334 g/mol. The van der Waals surface area contributed by atoms with Crippen LogP contribution in [0, 0.1) is 0 Å². The van der Waals surface area contributed by atoms with Gasteiger partial charge in [0.1, 0.15) is 0 Å². The molecule has 0 bridgehead atoms. The minimum atomic E-state index is -4.65. The number of alkyl halides is 3. The van der Waals surface area contributed by atoms with E-state index in [9.17, 15) is 18.0 Å². The Labute approximate surface area is 139 Å². The van der Waals surface area contributed by atoms with E-state index < -0.39 is 12.0 Å². The van der Waals surface area contributed by atoms with Crippen molar-refractivity contribution in [3.8, 4) is 0 Å². The molecule has 0 heterocycles. The van der Waals surface area contributed by atoms with Crippen LogP contribution in [0.15, 0.2) is 12.2 Å². The van der Waals surface area contributed by atoms with Crippen molar-refractivity contribution in [1.82, 2.24) is 0 Å². The molecule has 1 nitrogen and oxygen atoms in total. The van der Waals surface area contributed by atoms with Crippen molar-refractivity contribution >= 4 is 5.78 Å². The number of Topliss-reactive ketones (excluding diaryl/α,β-unsaturated/α-hetero) is 1. The molecule has 0 saturated heterocycles. The van der Waals surface area contributed by atoms with E-state index >= 15 is 0 Å². The van der Waals surface area contributed by atoms with E-state index in [1.54, 1.807) is 0 Å². The van der Waals surface area contributed by atoms with Crippen molar-refractivity contribution in [2.24, 2.45) is 0 Å². The van der Waals surface area contributed by atoms with Crippen LogP contribution in [0.1, 0.15) is 96.8 Å². The second-order valence-electron chi connectivity index (χ2n) is 6.26. The fraction of sp³-hybridized carbons (Fsp3) is 0.842. The summed E-state index contributed by atoms with van der Waals surface area (Å²) in [6, 6.07) is 0. The standard InChI is InChI=1S/C19H33F3O/c1-2-3-4-5-6-7-8-9-10-11-12-13-14-15-16-17-18(23)19(20,21)22/h5-6H,2-4,7-17H2,1H3/b6-5-. The van der Waals surface area contributed by atoms with Gasteiger partial charge in [-0.1, -0.05) is 76.9 Å². The number of halogens is 3. The second kappa shape index (κ2) is 14.8. The molecule has 0 N–H and O–H groups in total. The van der Waals surface area contributed by atoms with Gasteiger partial charge in [0.2, 0.25) is 5.78 Å². The molecule has 0 fully saturated rings. The third-order valence-electron chi connectivity index (χ3n) is 3.98. The van der Waals surface area contributed by atoms with Gasteiger partial charge in [0.25, 0.3) is 0 Å². The Kier molecular flexibility index (Phi) is 14.3. The van der Waals surface area contributed by atoms with E-state index in [0.29, 0.717) is 6.42 Å². The van der Waals surface area contributed by atoms with E-state index in [1.165, 1.54) is 51.4 Å². The lowest BCUT2D eigenvalue weighted by molar-refractivity contribution is -0.171. The fourth-order valence-electron chi connectivity index (χ4n) is 2.48. The average molecular weight is 334 g/mol. The summed E-state index contributed by atoms with van der Waals surface area (Å²) >= 11 is 0. The molecule has 0 aromatic heterocycles. The first-order valence-corrected chi connectivity index (χ1v) is 9.23. The summed E-state index contributed by atoms with van der Waals surface area (Å²) in [7, 11) is 0. The van der Waals surface area contributed by atoms with Crippen LogP contribution in [0.3, 0.4) is 0 Å². The third kappa shape index (κ3) is 15.9. The van der Waals surface area contributed by atoms with Crippen molar-refractivity contribution in [2.75, 3.05) is 0 Å². The van der Waals surface area contributed by atoms with Crippen LogP contribution in [0.25, 0.3) is 0 Å². The SMILES string of the molecule is CCCC/C=C\CCCCCCCCCCCC(=O)C(F)(F)F. The zero-order chi connectivity index (χ0) is 17.4. The highest BCUT2D eigenvalue weighted by Crippen LogP contribution is 2.20. The highest BCUT2D eigenvalue weighted by atomic mass is 19.4. The first kappa shape index (κ1) is 22.2. The highest BCUT2D eigenvalue weighted by molar-refractivity contribution is 5.83. The largest absolute Gasteiger partial charge is 0.449 e. The molecular formula is C19H33F3O. The molecule has 0 radical (unpaired) electrons. The van der Waals surface area contributed by atoms with Crippen molar-refractivity contribution in [3.05, 3.63) is 12.2 Å². The normalized spacial score (nSPS) is 12.2. The second-order valence-corrected chi connectivity index (χ2v) is 6.26. The van der Waals surface area contributed by atoms with Gasteiger partial charge >= 0.3 is 6.18 Å². The van der Waals surface area contributed by atoms with Crippen molar-refractivity contribution < 1.29 is 18.0 Å². The van der Waals surface area contributed by atoms with E-state index in [1.807, 2.05) is 0 Å². The minimum Gasteiger partial charge on any atom is -0.290 e. The summed E-state index contributed by atoms with van der Waals surface area (Å²) < 4.78 is 35.9. The van der Waals surface area contributed by atoms with Crippen LogP contribution in [0.2, 0.25) is 0 Å². The smallest absolute Gasteiger partial charge is 0.290 e. The van der Waals surface area contributed by atoms with Crippen LogP contribution in [0.5, 0.6) is 0 Å². The number of hydrogen-bond acceptors (Lipinski definition) is 1. The molecule has 0 atom stereocenters. The number of carbonyl (C=O) groups excluding carboxylic acids is 1. The molecule has 0 aliphatic rings. The van der Waals surface area contributed by atoms with Crippen molar-refractivity contribution in [1.29, 1.82) is 0 Å². The molecule has 0 saturated carbocycles. The summed E-state index contributed by atoms with van der Waals surface area (Å²) in [5, 5.41) is 0. The Morgan fingerprint density at radius 3 is 1.65 bits per heavy atom. The first-order chi connectivity index (χ1) is 11.0. The predicted octanol–water partition coefficient (Wildman–Crippen LogP) is 7.16. The van der Waals surface area contributed by atoms with Gasteiger partial charge in [0.15, 0.2) is 0 Å². The summed E-state index contributed by atoms with van der Waals surface area (Å²) in [4.78, 5) is 10.7. The average Bonchev–Trinajstić information content (AvgIpc) is 2.50. The number of ketones is 1. The molecule has 0 aromatic carbocycles. The van der Waals surface area contributed by atoms with E-state index in [0.717, 1.165) is 25.7 Å². The summed E-state index contributed by atoms with van der Waals surface area (Å²) in [5.74, 6) is -1.58. The molecule has 0 aliphatic carbocycles. The van der Waals surface area contributed by atoms with Gasteiger partial charge in [0.05, 0.1) is 0 Å². The summed E-state index contributed by atoms with van der Waals surface area (Å²) in [6.45, 7) is 2.20. The number of hydrogen-bond donors (Lipinski definition) is 0. The van der Waals surface area contributed by atoms with Crippen LogP contribution < -0.4 is 0 Å². The lowest BCUT2D eigenvalue weighted by Crippen LogP contribution is -2.22. The first-order valence-electron chi connectivity index (χ1n) is 9.23. The number of carbonyl (C=O) groups is 1. The van der Waals surface area contributed by atoms with E-state index in [-0.39, 0.29) is 6.42 Å². The highest BCUT2D eigenvalue weighted by Gasteiger charge is 2.36. The molecule has 136 valence electrons. The summed E-state index contributed by atoms with van der Waals surface area (Å²) in [6.07, 6.45) is 13.7. The van der Waals surface area contributed by atoms with Gasteiger partial charge in [-0.15, -0.1) is 0 Å². The Morgan fingerprint density at radius 2 is 1.17 bits per heavy atom. The maximum atomic E-state index is 12.0. The zero-order valence-corrected chi connectivity index (χ0v) is 14.6. The molecule has 0 aromatic rings. The molecule has 0 spiro atoms. The zero-order valence-electron chi connectivity index (χ0n) is 14.6. The molecule has 0 unspecified atom stereocenters. The predicted molar refractivity (Wildman–Crippen MR) is 90.5 cm³/mol. The van der Waals surface area contributed by atoms with Crippen LogP contribution in [-0.2, 0) is 4.79 Å². The van der Waals surface area contributed by atoms with E-state index in [4.69, 9.17) is 0 Å². The fourth-order valence-corrected chi connectivity index (χ4v) is 2.48. The Bertz CT molecular complexity index is 308. The Balaban J connectivity index is 3.19. The Hall–Kier alpha value is -0.800. The van der Waals surface area contributed by atoms with Crippen molar-refractivity contribution in [2.45, 2.75) is 103 Å². The number of rotatable bonds is 15. The van der Waals surface area contributed by atoms with Gasteiger partial charge in [-0.3, -0.25) is 4.79 Å². The van der Waals surface area contributed by atoms with Crippen molar-refractivity contribution in [3.63, 3.8) is 0 Å². The molecular weight excluding hydrogens is 301 g/mol. The van der Waals surface area contributed by atoms with Gasteiger partial charge in [-0.05, 0) is 25.7 Å². The van der Waals surface area contributed by atoms with Crippen LogP contribution >= 0.6 is 0 Å². The minimum absolute atomic E-state index is 0.352. The van der Waals surface area contributed by atoms with Gasteiger partial charge < -0.3 is 0 Å². The van der Waals surface area contributed by atoms with Gasteiger partial charge in [0, 0.05) is 6.42 Å². The topological polar surface area (TPSA) is 17.1 Å². The van der Waals surface area contributed by atoms with Crippen LogP contribution in [-0.4, -0.2) is 12.0 Å². The molecule has 0 amide bonds. The lowest BCUT2D eigenvalue weighted by Gasteiger charge is -2.05. The molecule has 0 aliphatic heterocycles. The number of allylic oxidation sites excluding steroid dienone is 2. The van der Waals surface area contributed by atoms with E-state index in [2.05, 4.69) is 19.1 Å². The summed E-state index contributed by atoms with van der Waals surface area (Å²) in [5.41, 5.74) is 0. The molecule has 0 rings (SSSR count).